The third-order valence-electron chi connectivity index (χ3n) is 4.70. The minimum Gasteiger partial charge on any atom is -0.198 e. The number of hydrogen-bond donors (Lipinski definition) is 1. The number of benzene rings is 1. The van der Waals surface area contributed by atoms with E-state index in [9.17, 15) is 8.42 Å². The Morgan fingerprint density at radius 3 is 2.33 bits per heavy atom. The first kappa shape index (κ1) is 15.0. The Hall–Kier alpha value is -0.910. The van der Waals surface area contributed by atoms with Crippen LogP contribution in [0, 0.1) is 0 Å². The monoisotopic (exact) mass is 308 g/mol. The van der Waals surface area contributed by atoms with Gasteiger partial charge >= 0.3 is 0 Å². The van der Waals surface area contributed by atoms with E-state index in [-0.39, 0.29) is 6.04 Å². The molecule has 2 atom stereocenters. The predicted molar refractivity (Wildman–Crippen MR) is 84.3 cm³/mol. The zero-order chi connectivity index (χ0) is 14.7. The zero-order valence-electron chi connectivity index (χ0n) is 12.4. The number of nitrogens with zero attached hydrogens (tertiary/aromatic N) is 1. The molecule has 1 N–H and O–H groups in total. The summed E-state index contributed by atoms with van der Waals surface area (Å²) in [4.78, 5) is 0. The van der Waals surface area contributed by atoms with Gasteiger partial charge in [0, 0.05) is 25.0 Å². The number of rotatable bonds is 4. The Morgan fingerprint density at radius 1 is 0.952 bits per heavy atom. The molecular formula is C16H24N2O2S. The van der Waals surface area contributed by atoms with Crippen LogP contribution in [0.3, 0.4) is 0 Å². The standard InChI is InChI=1S/C16H24N2O2S/c19-21(20,18-12-6-7-13-18)17-16-11-5-4-10-15(16)14-8-2-1-3-9-14/h1-3,8-9,15-17H,4-7,10-13H2/t15-,16+/m0/s1. The van der Waals surface area contributed by atoms with Crippen molar-refractivity contribution in [2.24, 2.45) is 0 Å². The van der Waals surface area contributed by atoms with Crippen molar-refractivity contribution in [3.63, 3.8) is 0 Å². The van der Waals surface area contributed by atoms with Crippen molar-refractivity contribution in [3.05, 3.63) is 35.9 Å². The van der Waals surface area contributed by atoms with Crippen molar-refractivity contribution >= 4 is 10.2 Å². The van der Waals surface area contributed by atoms with Gasteiger partial charge in [0.1, 0.15) is 0 Å². The highest BCUT2D eigenvalue weighted by Crippen LogP contribution is 2.33. The molecule has 0 spiro atoms. The van der Waals surface area contributed by atoms with Crippen LogP contribution in [0.2, 0.25) is 0 Å². The van der Waals surface area contributed by atoms with Crippen LogP contribution in [-0.4, -0.2) is 31.9 Å². The van der Waals surface area contributed by atoms with Gasteiger partial charge in [-0.05, 0) is 31.2 Å². The van der Waals surface area contributed by atoms with Crippen molar-refractivity contribution in [1.82, 2.24) is 9.03 Å². The molecular weight excluding hydrogens is 284 g/mol. The summed E-state index contributed by atoms with van der Waals surface area (Å²) in [5.41, 5.74) is 1.26. The lowest BCUT2D eigenvalue weighted by molar-refractivity contribution is 0.350. The highest BCUT2D eigenvalue weighted by atomic mass is 32.2. The van der Waals surface area contributed by atoms with Gasteiger partial charge in [0.05, 0.1) is 0 Å². The molecule has 1 saturated heterocycles. The maximum Gasteiger partial charge on any atom is 0.279 e. The van der Waals surface area contributed by atoms with Crippen LogP contribution in [-0.2, 0) is 10.2 Å². The summed E-state index contributed by atoms with van der Waals surface area (Å²) in [7, 11) is -3.32. The van der Waals surface area contributed by atoms with Gasteiger partial charge in [0.25, 0.3) is 10.2 Å². The number of nitrogens with one attached hydrogen (secondary N) is 1. The van der Waals surface area contributed by atoms with Crippen LogP contribution in [0.5, 0.6) is 0 Å². The molecule has 2 fully saturated rings. The molecule has 1 saturated carbocycles. The topological polar surface area (TPSA) is 49.4 Å². The van der Waals surface area contributed by atoms with Gasteiger partial charge < -0.3 is 0 Å². The summed E-state index contributed by atoms with van der Waals surface area (Å²) in [6.07, 6.45) is 6.25. The molecule has 0 aromatic heterocycles. The lowest BCUT2D eigenvalue weighted by atomic mass is 9.80. The predicted octanol–water partition coefficient (Wildman–Crippen LogP) is 2.64. The Balaban J connectivity index is 1.75. The van der Waals surface area contributed by atoms with E-state index in [0.717, 1.165) is 32.1 Å². The number of hydrogen-bond acceptors (Lipinski definition) is 2. The van der Waals surface area contributed by atoms with Gasteiger partial charge in [0.2, 0.25) is 0 Å². The first-order valence-electron chi connectivity index (χ1n) is 7.99. The minimum absolute atomic E-state index is 0.0340. The van der Waals surface area contributed by atoms with E-state index in [1.807, 2.05) is 18.2 Å². The Bertz CT molecular complexity index is 553. The van der Waals surface area contributed by atoms with Crippen molar-refractivity contribution in [3.8, 4) is 0 Å². The fourth-order valence-electron chi connectivity index (χ4n) is 3.57. The van der Waals surface area contributed by atoms with E-state index >= 15 is 0 Å². The van der Waals surface area contributed by atoms with Crippen LogP contribution in [0.1, 0.15) is 50.0 Å². The summed E-state index contributed by atoms with van der Waals surface area (Å²) in [6, 6.07) is 10.4. The highest BCUT2D eigenvalue weighted by Gasteiger charge is 2.33. The molecule has 5 heteroatoms. The summed E-state index contributed by atoms with van der Waals surface area (Å²) in [5, 5.41) is 0. The summed E-state index contributed by atoms with van der Waals surface area (Å²) in [6.45, 7) is 1.33. The van der Waals surface area contributed by atoms with Gasteiger partial charge in [-0.15, -0.1) is 0 Å². The Kier molecular flexibility index (Phi) is 4.62. The molecule has 0 bridgehead atoms. The van der Waals surface area contributed by atoms with E-state index in [1.54, 1.807) is 4.31 Å². The quantitative estimate of drug-likeness (QED) is 0.929. The smallest absolute Gasteiger partial charge is 0.198 e. The van der Waals surface area contributed by atoms with E-state index in [2.05, 4.69) is 16.9 Å². The first-order valence-corrected chi connectivity index (χ1v) is 9.43. The maximum atomic E-state index is 12.5. The van der Waals surface area contributed by atoms with Gasteiger partial charge in [-0.3, -0.25) is 0 Å². The van der Waals surface area contributed by atoms with Crippen molar-refractivity contribution < 1.29 is 8.42 Å². The van der Waals surface area contributed by atoms with Gasteiger partial charge in [-0.2, -0.15) is 17.4 Å². The summed E-state index contributed by atoms with van der Waals surface area (Å²) < 4.78 is 29.6. The average molecular weight is 308 g/mol. The molecule has 116 valence electrons. The molecule has 0 unspecified atom stereocenters. The molecule has 3 rings (SSSR count). The molecule has 1 aromatic rings. The largest absolute Gasteiger partial charge is 0.279 e. The van der Waals surface area contributed by atoms with Crippen LogP contribution >= 0.6 is 0 Å². The van der Waals surface area contributed by atoms with Crippen molar-refractivity contribution in [2.75, 3.05) is 13.1 Å². The summed E-state index contributed by atoms with van der Waals surface area (Å²) >= 11 is 0. The molecule has 2 aliphatic rings. The second kappa shape index (κ2) is 6.46. The Morgan fingerprint density at radius 2 is 1.62 bits per heavy atom. The lowest BCUT2D eigenvalue weighted by Crippen LogP contribution is -2.47. The third-order valence-corrected chi connectivity index (χ3v) is 6.34. The second-order valence-corrected chi connectivity index (χ2v) is 7.84. The zero-order valence-corrected chi connectivity index (χ0v) is 13.2. The first-order chi connectivity index (χ1) is 10.2. The van der Waals surface area contributed by atoms with Crippen molar-refractivity contribution in [2.45, 2.75) is 50.5 Å². The highest BCUT2D eigenvalue weighted by molar-refractivity contribution is 7.87. The maximum absolute atomic E-state index is 12.5. The Labute approximate surface area is 127 Å². The molecule has 1 aliphatic carbocycles. The van der Waals surface area contributed by atoms with E-state index < -0.39 is 10.2 Å². The molecule has 4 nitrogen and oxygen atoms in total. The molecule has 21 heavy (non-hydrogen) atoms. The van der Waals surface area contributed by atoms with Gasteiger partial charge in [-0.25, -0.2) is 0 Å². The average Bonchev–Trinajstić information content (AvgIpc) is 3.03. The van der Waals surface area contributed by atoms with E-state index in [0.29, 0.717) is 19.0 Å². The fourth-order valence-corrected chi connectivity index (χ4v) is 5.12. The van der Waals surface area contributed by atoms with Gasteiger partial charge in [0.15, 0.2) is 0 Å². The van der Waals surface area contributed by atoms with Crippen LogP contribution in [0.25, 0.3) is 0 Å². The minimum atomic E-state index is -3.32. The van der Waals surface area contributed by atoms with Gasteiger partial charge in [-0.1, -0.05) is 43.2 Å². The van der Waals surface area contributed by atoms with Crippen LogP contribution in [0.4, 0.5) is 0 Å². The lowest BCUT2D eigenvalue weighted by Gasteiger charge is -2.33. The second-order valence-electron chi connectivity index (χ2n) is 6.14. The third kappa shape index (κ3) is 3.47. The van der Waals surface area contributed by atoms with E-state index in [1.165, 1.54) is 12.0 Å². The van der Waals surface area contributed by atoms with Crippen LogP contribution in [0.15, 0.2) is 30.3 Å². The molecule has 0 amide bonds. The van der Waals surface area contributed by atoms with E-state index in [4.69, 9.17) is 0 Å². The molecule has 1 heterocycles. The van der Waals surface area contributed by atoms with Crippen LogP contribution < -0.4 is 4.72 Å². The fraction of sp³-hybridized carbons (Fsp3) is 0.625. The molecule has 1 aliphatic heterocycles. The van der Waals surface area contributed by atoms with Crippen molar-refractivity contribution in [1.29, 1.82) is 0 Å². The molecule has 0 radical (unpaired) electrons. The normalized spacial score (nSPS) is 27.8. The molecule has 1 aromatic carbocycles. The summed E-state index contributed by atoms with van der Waals surface area (Å²) in [5.74, 6) is 0.303. The SMILES string of the molecule is O=S(=O)(N[C@@H]1CCCC[C@H]1c1ccccc1)N1CCCC1.